The van der Waals surface area contributed by atoms with Crippen molar-refractivity contribution in [2.75, 3.05) is 0 Å². The van der Waals surface area contributed by atoms with Crippen LogP contribution in [0.2, 0.25) is 10.0 Å². The van der Waals surface area contributed by atoms with Crippen molar-refractivity contribution < 1.29 is 8.78 Å². The van der Waals surface area contributed by atoms with Crippen LogP contribution in [-0.2, 0) is 0 Å². The van der Waals surface area contributed by atoms with E-state index in [1.807, 2.05) is 32.9 Å². The van der Waals surface area contributed by atoms with Crippen molar-refractivity contribution in [2.24, 2.45) is 0 Å². The van der Waals surface area contributed by atoms with Crippen molar-refractivity contribution in [3.05, 3.63) is 69.2 Å². The van der Waals surface area contributed by atoms with Crippen LogP contribution in [0, 0.1) is 25.5 Å². The largest absolute Gasteiger partial charge is 0.207 e. The number of halogens is 4. The molecule has 110 valence electrons. The van der Waals surface area contributed by atoms with E-state index in [1.165, 1.54) is 12.1 Å². The molecule has 0 aliphatic rings. The lowest BCUT2D eigenvalue weighted by Gasteiger charge is -1.94. The summed E-state index contributed by atoms with van der Waals surface area (Å²) in [4.78, 5) is 0. The molecular weight excluding hydrogens is 301 g/mol. The summed E-state index contributed by atoms with van der Waals surface area (Å²) < 4.78 is 24.4. The molecule has 4 heteroatoms. The number of rotatable bonds is 0. The van der Waals surface area contributed by atoms with Crippen LogP contribution in [0.3, 0.4) is 0 Å². The van der Waals surface area contributed by atoms with Crippen LogP contribution >= 0.6 is 23.2 Å². The van der Waals surface area contributed by atoms with Gasteiger partial charge in [-0.05, 0) is 43.2 Å². The Morgan fingerprint density at radius 3 is 1.75 bits per heavy atom. The van der Waals surface area contributed by atoms with Gasteiger partial charge in [-0.2, -0.15) is 0 Å². The first-order valence-electron chi connectivity index (χ1n) is 6.23. The first-order valence-corrected chi connectivity index (χ1v) is 6.99. The van der Waals surface area contributed by atoms with Crippen molar-refractivity contribution in [2.45, 2.75) is 27.7 Å². The highest BCUT2D eigenvalue weighted by molar-refractivity contribution is 6.35. The molecule has 2 aromatic rings. The van der Waals surface area contributed by atoms with E-state index in [0.29, 0.717) is 10.6 Å². The van der Waals surface area contributed by atoms with E-state index < -0.39 is 11.6 Å². The molecule has 0 heterocycles. The fraction of sp³-hybridized carbons (Fsp3) is 0.250. The van der Waals surface area contributed by atoms with Gasteiger partial charge < -0.3 is 0 Å². The number of aryl methyl sites for hydroxylation is 2. The zero-order valence-corrected chi connectivity index (χ0v) is 13.5. The minimum atomic E-state index is -0.530. The minimum absolute atomic E-state index is 0.469. The Bertz CT molecular complexity index is 490. The van der Waals surface area contributed by atoms with Crippen molar-refractivity contribution in [1.29, 1.82) is 0 Å². The molecule has 0 unspecified atom stereocenters. The van der Waals surface area contributed by atoms with Gasteiger partial charge >= 0.3 is 0 Å². The van der Waals surface area contributed by atoms with E-state index in [-0.39, 0.29) is 0 Å². The highest BCUT2D eigenvalue weighted by atomic mass is 35.5. The quantitative estimate of drug-likeness (QED) is 0.513. The molecule has 0 N–H and O–H groups in total. The molecule has 0 aliphatic heterocycles. The molecule has 0 aromatic heterocycles. The predicted octanol–water partition coefficient (Wildman–Crippen LogP) is 6.60. The lowest BCUT2D eigenvalue weighted by Crippen LogP contribution is -1.81. The Kier molecular flexibility index (Phi) is 9.19. The van der Waals surface area contributed by atoms with Crippen molar-refractivity contribution in [3.8, 4) is 0 Å². The molecular formula is C16H18Cl2F2. The maximum atomic E-state index is 12.3. The monoisotopic (exact) mass is 318 g/mol. The van der Waals surface area contributed by atoms with Crippen LogP contribution in [-0.4, -0.2) is 0 Å². The summed E-state index contributed by atoms with van der Waals surface area (Å²) >= 11 is 11.4. The zero-order chi connectivity index (χ0) is 15.7. The van der Waals surface area contributed by atoms with Gasteiger partial charge in [0.15, 0.2) is 0 Å². The van der Waals surface area contributed by atoms with Crippen molar-refractivity contribution in [1.82, 2.24) is 0 Å². The van der Waals surface area contributed by atoms with Gasteiger partial charge in [-0.1, -0.05) is 49.2 Å². The van der Waals surface area contributed by atoms with Crippen LogP contribution in [0.5, 0.6) is 0 Å². The average Bonchev–Trinajstić information content (AvgIpc) is 2.42. The SMILES string of the molecule is CC.Cc1ccc(Cl)cc1Cl.Cc1ccc(F)cc1F. The van der Waals surface area contributed by atoms with Crippen molar-refractivity contribution >= 4 is 23.2 Å². The van der Waals surface area contributed by atoms with E-state index >= 15 is 0 Å². The second-order valence-corrected chi connectivity index (χ2v) is 4.63. The lowest BCUT2D eigenvalue weighted by atomic mass is 10.2. The van der Waals surface area contributed by atoms with Crippen LogP contribution in [0.4, 0.5) is 8.78 Å². The second-order valence-electron chi connectivity index (χ2n) is 3.79. The molecule has 0 saturated heterocycles. The topological polar surface area (TPSA) is 0 Å². The molecule has 0 saturated carbocycles. The summed E-state index contributed by atoms with van der Waals surface area (Å²) in [7, 11) is 0. The third-order valence-electron chi connectivity index (χ3n) is 2.27. The average molecular weight is 319 g/mol. The van der Waals surface area contributed by atoms with Crippen LogP contribution < -0.4 is 0 Å². The fourth-order valence-electron chi connectivity index (χ4n) is 1.13. The maximum absolute atomic E-state index is 12.3. The fourth-order valence-corrected chi connectivity index (χ4v) is 1.54. The van der Waals surface area contributed by atoms with Crippen molar-refractivity contribution in [3.63, 3.8) is 0 Å². The third-order valence-corrected chi connectivity index (χ3v) is 2.91. The number of hydrogen-bond donors (Lipinski definition) is 0. The smallest absolute Gasteiger partial charge is 0.129 e. The van der Waals surface area contributed by atoms with Gasteiger partial charge in [0.05, 0.1) is 0 Å². The molecule has 2 rings (SSSR count). The predicted molar refractivity (Wildman–Crippen MR) is 83.6 cm³/mol. The molecule has 0 atom stereocenters. The van der Waals surface area contributed by atoms with Gasteiger partial charge in [0, 0.05) is 16.1 Å². The standard InChI is InChI=1S/C7H6Cl2.C7H6F2.C2H6/c2*1-5-2-3-6(8)4-7(5)9;1-2/h2*2-4H,1H3;1-2H3. The molecule has 0 nitrogen and oxygen atoms in total. The summed E-state index contributed by atoms with van der Waals surface area (Å²) in [6.07, 6.45) is 0. The summed E-state index contributed by atoms with van der Waals surface area (Å²) in [6.45, 7) is 7.54. The van der Waals surface area contributed by atoms with E-state index in [0.717, 1.165) is 16.7 Å². The Hall–Kier alpha value is -1.12. The highest BCUT2D eigenvalue weighted by Crippen LogP contribution is 2.19. The summed E-state index contributed by atoms with van der Waals surface area (Å²) in [5, 5.41) is 1.41. The van der Waals surface area contributed by atoms with E-state index in [4.69, 9.17) is 23.2 Å². The molecule has 0 radical (unpaired) electrons. The lowest BCUT2D eigenvalue weighted by molar-refractivity contribution is 0.577. The van der Waals surface area contributed by atoms with Gasteiger partial charge in [0.1, 0.15) is 11.6 Å². The van der Waals surface area contributed by atoms with Gasteiger partial charge in [-0.25, -0.2) is 8.78 Å². The number of benzene rings is 2. The maximum Gasteiger partial charge on any atom is 0.129 e. The molecule has 0 bridgehead atoms. The molecule has 0 spiro atoms. The summed E-state index contributed by atoms with van der Waals surface area (Å²) in [6, 6.07) is 8.96. The van der Waals surface area contributed by atoms with Gasteiger partial charge in [0.25, 0.3) is 0 Å². The summed E-state index contributed by atoms with van der Waals surface area (Å²) in [5.41, 5.74) is 1.53. The summed E-state index contributed by atoms with van der Waals surface area (Å²) in [5.74, 6) is -1.02. The van der Waals surface area contributed by atoms with Gasteiger partial charge in [-0.15, -0.1) is 0 Å². The van der Waals surface area contributed by atoms with Gasteiger partial charge in [-0.3, -0.25) is 0 Å². The van der Waals surface area contributed by atoms with E-state index in [1.54, 1.807) is 13.0 Å². The molecule has 0 amide bonds. The molecule has 20 heavy (non-hydrogen) atoms. The Morgan fingerprint density at radius 1 is 0.800 bits per heavy atom. The zero-order valence-electron chi connectivity index (χ0n) is 12.0. The number of hydrogen-bond acceptors (Lipinski definition) is 0. The van der Waals surface area contributed by atoms with E-state index in [9.17, 15) is 8.78 Å². The van der Waals surface area contributed by atoms with E-state index in [2.05, 4.69) is 0 Å². The van der Waals surface area contributed by atoms with Crippen LogP contribution in [0.1, 0.15) is 25.0 Å². The first kappa shape index (κ1) is 18.9. The minimum Gasteiger partial charge on any atom is -0.207 e. The first-order chi connectivity index (χ1) is 9.40. The normalized spacial score (nSPS) is 9.00. The molecule has 0 aliphatic carbocycles. The second kappa shape index (κ2) is 9.73. The van der Waals surface area contributed by atoms with Crippen LogP contribution in [0.15, 0.2) is 36.4 Å². The Morgan fingerprint density at radius 2 is 1.35 bits per heavy atom. The third kappa shape index (κ3) is 6.88. The van der Waals surface area contributed by atoms with Gasteiger partial charge in [0.2, 0.25) is 0 Å². The molecule has 2 aromatic carbocycles. The Balaban J connectivity index is 0.000000321. The Labute approximate surface area is 129 Å². The van der Waals surface area contributed by atoms with Crippen LogP contribution in [0.25, 0.3) is 0 Å². The molecule has 0 fully saturated rings. The highest BCUT2D eigenvalue weighted by Gasteiger charge is 1.96.